The van der Waals surface area contributed by atoms with Gasteiger partial charge in [-0.25, -0.2) is 0 Å². The van der Waals surface area contributed by atoms with Gasteiger partial charge in [-0.05, 0) is 48.9 Å². The Labute approximate surface area is 218 Å². The van der Waals surface area contributed by atoms with E-state index < -0.39 is 7.26 Å². The number of thiol groups is 1. The maximum Gasteiger partial charge on any atom is 0.292 e. The molecule has 176 valence electrons. The Balaban J connectivity index is 0.00000289. The van der Waals surface area contributed by atoms with Crippen LogP contribution in [0, 0.1) is 6.92 Å². The van der Waals surface area contributed by atoms with E-state index in [0.29, 0.717) is 10.3 Å². The van der Waals surface area contributed by atoms with Crippen LogP contribution in [-0.4, -0.2) is 5.91 Å². The monoisotopic (exact) mass is 516 g/mol. The smallest absolute Gasteiger partial charge is 0.292 e. The van der Waals surface area contributed by atoms with Crippen molar-refractivity contribution in [3.8, 4) is 0 Å². The summed E-state index contributed by atoms with van der Waals surface area (Å²) < 4.78 is 0. The molecule has 1 amide bonds. The van der Waals surface area contributed by atoms with Crippen molar-refractivity contribution in [1.29, 1.82) is 0 Å². The lowest BCUT2D eigenvalue weighted by Crippen LogP contribution is -3.00. The second-order valence-electron chi connectivity index (χ2n) is 8.34. The summed E-state index contributed by atoms with van der Waals surface area (Å²) in [4.78, 5) is 14.0. The van der Waals surface area contributed by atoms with Crippen molar-refractivity contribution in [1.82, 2.24) is 10.6 Å². The number of hydrogen-bond donors (Lipinski definition) is 3. The predicted molar refractivity (Wildman–Crippen MR) is 146 cm³/mol. The molecule has 0 fully saturated rings. The third kappa shape index (κ3) is 4.62. The largest absolute Gasteiger partial charge is 1.00 e. The van der Waals surface area contributed by atoms with E-state index in [-0.39, 0.29) is 24.5 Å². The van der Waals surface area contributed by atoms with E-state index >= 15 is 0 Å². The molecule has 0 aromatic heterocycles. The van der Waals surface area contributed by atoms with Gasteiger partial charge >= 0.3 is 0 Å². The molecule has 1 unspecified atom stereocenters. The van der Waals surface area contributed by atoms with E-state index in [1.807, 2.05) is 66.7 Å². The van der Waals surface area contributed by atoms with Gasteiger partial charge in [0, 0.05) is 0 Å². The summed E-state index contributed by atoms with van der Waals surface area (Å²) in [7, 11) is -2.54. The zero-order chi connectivity index (χ0) is 23.5. The topological polar surface area (TPSA) is 41.1 Å². The van der Waals surface area contributed by atoms with E-state index in [2.05, 4.69) is 66.1 Å². The highest BCUT2D eigenvalue weighted by Gasteiger charge is 2.55. The molecule has 1 aliphatic rings. The Hall–Kier alpha value is -3.04. The van der Waals surface area contributed by atoms with E-state index in [9.17, 15) is 4.79 Å². The Morgan fingerprint density at radius 1 is 0.657 bits per heavy atom. The Bertz CT molecular complexity index is 1230. The van der Waals surface area contributed by atoms with Crippen LogP contribution >= 0.6 is 19.9 Å². The van der Waals surface area contributed by atoms with Crippen molar-refractivity contribution in [2.75, 3.05) is 0 Å². The first-order valence-electron chi connectivity index (χ1n) is 11.2. The van der Waals surface area contributed by atoms with Crippen LogP contribution in [0.1, 0.15) is 17.3 Å². The lowest BCUT2D eigenvalue weighted by molar-refractivity contribution is -0.118. The van der Waals surface area contributed by atoms with Gasteiger partial charge in [-0.15, -0.1) is 12.6 Å². The van der Waals surface area contributed by atoms with Crippen LogP contribution < -0.4 is 39.0 Å². The first kappa shape index (κ1) is 25.1. The predicted octanol–water partition coefficient (Wildman–Crippen LogP) is 1.81. The van der Waals surface area contributed by atoms with Crippen LogP contribution in [0.5, 0.6) is 0 Å². The molecule has 2 N–H and O–H groups in total. The van der Waals surface area contributed by atoms with Crippen LogP contribution in [0.4, 0.5) is 0 Å². The van der Waals surface area contributed by atoms with E-state index in [4.69, 9.17) is 12.6 Å². The highest BCUT2D eigenvalue weighted by atomic mass is 35.5. The molecule has 1 atom stereocenters. The maximum absolute atomic E-state index is 14.0. The fourth-order valence-electron chi connectivity index (χ4n) is 4.57. The molecule has 0 saturated carbocycles. The molecule has 35 heavy (non-hydrogen) atoms. The molecular weight excluding hydrogens is 491 g/mol. The van der Waals surface area contributed by atoms with Gasteiger partial charge in [-0.1, -0.05) is 84.4 Å². The average Bonchev–Trinajstić information content (AvgIpc) is 2.88. The SMILES string of the molecule is Cc1ccc(C2NC(=O)C([P+](c3ccccc3)(c3ccccc3)c3ccccc3)=C(S)N2)cc1.[Cl-]. The Morgan fingerprint density at radius 2 is 1.09 bits per heavy atom. The molecule has 0 aliphatic carbocycles. The molecule has 1 heterocycles. The van der Waals surface area contributed by atoms with Gasteiger partial charge in [0.25, 0.3) is 5.91 Å². The van der Waals surface area contributed by atoms with Gasteiger partial charge in [0.2, 0.25) is 5.31 Å². The number of benzene rings is 4. The van der Waals surface area contributed by atoms with Crippen LogP contribution in [0.3, 0.4) is 0 Å². The molecule has 4 aromatic rings. The third-order valence-electron chi connectivity index (χ3n) is 6.17. The first-order valence-corrected chi connectivity index (χ1v) is 13.5. The number of carbonyl (C=O) groups excluding carboxylic acids is 1. The summed E-state index contributed by atoms with van der Waals surface area (Å²) in [6.07, 6.45) is -0.339. The fourth-order valence-corrected chi connectivity index (χ4v) is 9.53. The number of hydrogen-bond acceptors (Lipinski definition) is 3. The molecular formula is C29H26ClN2OPS. The summed E-state index contributed by atoms with van der Waals surface area (Å²) in [5.74, 6) is -0.0979. The van der Waals surface area contributed by atoms with Gasteiger partial charge in [-0.2, -0.15) is 0 Å². The standard InChI is InChI=1S/C29H25N2OPS.ClH/c1-21-17-19-22(20-18-21)27-30-28(32)26(29(34)31-27)33(23-11-5-2-6-12-23,24-13-7-3-8-14-24)25-15-9-4-10-16-25;/h2-20,27H,1H3,(H2-,30,31,32,34);1H. The lowest BCUT2D eigenvalue weighted by Gasteiger charge is -2.34. The first-order chi connectivity index (χ1) is 16.6. The molecule has 3 nitrogen and oxygen atoms in total. The molecule has 0 saturated heterocycles. The molecule has 1 aliphatic heterocycles. The number of carbonyl (C=O) groups is 1. The van der Waals surface area contributed by atoms with Crippen molar-refractivity contribution in [2.24, 2.45) is 0 Å². The molecule has 5 rings (SSSR count). The summed E-state index contributed by atoms with van der Waals surface area (Å²) in [6.45, 7) is 2.05. The van der Waals surface area contributed by atoms with Crippen molar-refractivity contribution >= 4 is 41.7 Å². The molecule has 4 aromatic carbocycles. The maximum atomic E-state index is 14.0. The summed E-state index contributed by atoms with van der Waals surface area (Å²) >= 11 is 4.93. The van der Waals surface area contributed by atoms with Gasteiger partial charge in [0.05, 0.1) is 0 Å². The van der Waals surface area contributed by atoms with E-state index in [1.165, 1.54) is 5.56 Å². The van der Waals surface area contributed by atoms with Crippen molar-refractivity contribution in [3.63, 3.8) is 0 Å². The second-order valence-corrected chi connectivity index (χ2v) is 12.1. The number of rotatable bonds is 5. The van der Waals surface area contributed by atoms with Gasteiger partial charge in [0.15, 0.2) is 7.26 Å². The minimum Gasteiger partial charge on any atom is -1.00 e. The van der Waals surface area contributed by atoms with Crippen molar-refractivity contribution in [3.05, 3.63) is 137 Å². The van der Waals surface area contributed by atoms with Gasteiger partial charge < -0.3 is 23.0 Å². The minimum atomic E-state index is -2.54. The van der Waals surface area contributed by atoms with Gasteiger partial charge in [0.1, 0.15) is 27.1 Å². The van der Waals surface area contributed by atoms with Crippen LogP contribution in [0.15, 0.2) is 126 Å². The molecule has 6 heteroatoms. The van der Waals surface area contributed by atoms with Crippen molar-refractivity contribution < 1.29 is 17.2 Å². The normalized spacial score (nSPS) is 15.6. The summed E-state index contributed by atoms with van der Waals surface area (Å²) in [6, 6.07) is 39.2. The van der Waals surface area contributed by atoms with E-state index in [1.54, 1.807) is 0 Å². The second kappa shape index (κ2) is 10.7. The summed E-state index contributed by atoms with van der Waals surface area (Å²) in [5.41, 5.74) is 2.17. The molecule has 0 radical (unpaired) electrons. The minimum absolute atomic E-state index is 0. The Kier molecular flexibility index (Phi) is 7.66. The number of amides is 1. The van der Waals surface area contributed by atoms with Gasteiger partial charge in [-0.3, -0.25) is 4.79 Å². The number of halogens is 1. The Morgan fingerprint density at radius 3 is 1.49 bits per heavy atom. The van der Waals surface area contributed by atoms with Crippen LogP contribution in [-0.2, 0) is 4.79 Å². The molecule has 0 bridgehead atoms. The van der Waals surface area contributed by atoms with Crippen LogP contribution in [0.25, 0.3) is 0 Å². The zero-order valence-corrected chi connectivity index (χ0v) is 21.8. The highest BCUT2D eigenvalue weighted by Crippen LogP contribution is 2.64. The van der Waals surface area contributed by atoms with Crippen LogP contribution in [0.2, 0.25) is 0 Å². The average molecular weight is 517 g/mol. The zero-order valence-electron chi connectivity index (χ0n) is 19.2. The quantitative estimate of drug-likeness (QED) is 0.280. The summed E-state index contributed by atoms with van der Waals surface area (Å²) in [5, 5.41) is 11.3. The van der Waals surface area contributed by atoms with E-state index in [0.717, 1.165) is 21.5 Å². The third-order valence-corrected chi connectivity index (χ3v) is 11.0. The highest BCUT2D eigenvalue weighted by molar-refractivity contribution is 8.00. The lowest BCUT2D eigenvalue weighted by atomic mass is 10.1. The number of aryl methyl sites for hydroxylation is 1. The van der Waals surface area contributed by atoms with Crippen molar-refractivity contribution in [2.45, 2.75) is 13.1 Å². The number of nitrogens with one attached hydrogen (secondary N) is 2. The fraction of sp³-hybridized carbons (Fsp3) is 0.0690. The molecule has 0 spiro atoms.